The largest absolute Gasteiger partial charge is 0.353 e. The van der Waals surface area contributed by atoms with Crippen LogP contribution in [-0.2, 0) is 4.79 Å². The predicted molar refractivity (Wildman–Crippen MR) is 76.2 cm³/mol. The fourth-order valence-electron chi connectivity index (χ4n) is 2.74. The molecule has 0 aromatic rings. The number of amides is 1. The first-order chi connectivity index (χ1) is 8.61. The summed E-state index contributed by atoms with van der Waals surface area (Å²) in [6.07, 6.45) is 8.80. The molecule has 3 N–H and O–H groups in total. The Kier molecular flexibility index (Phi) is 7.33. The molecular formula is C15H30N2O. The predicted octanol–water partition coefficient (Wildman–Crippen LogP) is 2.84. The zero-order chi connectivity index (χ0) is 13.4. The third-order valence-electron chi connectivity index (χ3n) is 4.15. The quantitative estimate of drug-likeness (QED) is 0.716. The first-order valence-corrected chi connectivity index (χ1v) is 7.61. The van der Waals surface area contributed by atoms with Gasteiger partial charge in [0.2, 0.25) is 5.91 Å². The Morgan fingerprint density at radius 3 is 2.78 bits per heavy atom. The van der Waals surface area contributed by atoms with Crippen molar-refractivity contribution in [3.63, 3.8) is 0 Å². The van der Waals surface area contributed by atoms with E-state index in [-0.39, 0.29) is 5.91 Å². The van der Waals surface area contributed by atoms with E-state index in [1.54, 1.807) is 0 Å². The molecular weight excluding hydrogens is 224 g/mol. The van der Waals surface area contributed by atoms with E-state index in [0.29, 0.717) is 18.4 Å². The van der Waals surface area contributed by atoms with Crippen molar-refractivity contribution in [2.24, 2.45) is 17.6 Å². The average molecular weight is 254 g/mol. The van der Waals surface area contributed by atoms with E-state index in [0.717, 1.165) is 38.1 Å². The Bertz CT molecular complexity index is 243. The summed E-state index contributed by atoms with van der Waals surface area (Å²) >= 11 is 0. The highest BCUT2D eigenvalue weighted by atomic mass is 16.1. The maximum Gasteiger partial charge on any atom is 0.220 e. The van der Waals surface area contributed by atoms with E-state index in [9.17, 15) is 4.79 Å². The van der Waals surface area contributed by atoms with Gasteiger partial charge in [0.25, 0.3) is 0 Å². The third-order valence-corrected chi connectivity index (χ3v) is 4.15. The van der Waals surface area contributed by atoms with Crippen LogP contribution in [0, 0.1) is 11.8 Å². The van der Waals surface area contributed by atoms with Gasteiger partial charge in [0, 0.05) is 12.5 Å². The second-order valence-electron chi connectivity index (χ2n) is 6.10. The van der Waals surface area contributed by atoms with E-state index in [2.05, 4.69) is 19.2 Å². The number of carbonyl (C=O) groups is 1. The molecule has 0 saturated heterocycles. The van der Waals surface area contributed by atoms with Gasteiger partial charge in [-0.1, -0.05) is 26.7 Å². The van der Waals surface area contributed by atoms with Gasteiger partial charge in [-0.3, -0.25) is 4.79 Å². The summed E-state index contributed by atoms with van der Waals surface area (Å²) < 4.78 is 0. The number of hydrogen-bond donors (Lipinski definition) is 2. The normalized spacial score (nSPS) is 26.4. The molecule has 0 heterocycles. The topological polar surface area (TPSA) is 55.1 Å². The zero-order valence-corrected chi connectivity index (χ0v) is 12.1. The molecule has 1 fully saturated rings. The van der Waals surface area contributed by atoms with Crippen molar-refractivity contribution in [1.82, 2.24) is 5.32 Å². The molecule has 1 aliphatic carbocycles. The summed E-state index contributed by atoms with van der Waals surface area (Å²) in [4.78, 5) is 11.9. The molecule has 3 heteroatoms. The van der Waals surface area contributed by atoms with Crippen LogP contribution < -0.4 is 11.1 Å². The molecule has 0 radical (unpaired) electrons. The van der Waals surface area contributed by atoms with Crippen molar-refractivity contribution in [3.05, 3.63) is 0 Å². The van der Waals surface area contributed by atoms with Gasteiger partial charge in [0.05, 0.1) is 0 Å². The van der Waals surface area contributed by atoms with E-state index < -0.39 is 0 Å². The van der Waals surface area contributed by atoms with Gasteiger partial charge in [-0.15, -0.1) is 0 Å². The molecule has 0 aromatic heterocycles. The van der Waals surface area contributed by atoms with Crippen LogP contribution >= 0.6 is 0 Å². The summed E-state index contributed by atoms with van der Waals surface area (Å²) in [5.41, 5.74) is 5.52. The maximum absolute atomic E-state index is 11.9. The van der Waals surface area contributed by atoms with Crippen LogP contribution in [0.5, 0.6) is 0 Å². The lowest BCUT2D eigenvalue weighted by Gasteiger charge is -2.17. The van der Waals surface area contributed by atoms with Crippen LogP contribution in [0.1, 0.15) is 65.2 Å². The molecule has 18 heavy (non-hydrogen) atoms. The van der Waals surface area contributed by atoms with Crippen molar-refractivity contribution in [3.8, 4) is 0 Å². The Morgan fingerprint density at radius 2 is 2.06 bits per heavy atom. The van der Waals surface area contributed by atoms with Crippen LogP contribution in [0.2, 0.25) is 0 Å². The molecule has 3 nitrogen and oxygen atoms in total. The molecule has 3 unspecified atom stereocenters. The number of rotatable bonds is 6. The number of nitrogens with one attached hydrogen (secondary N) is 1. The number of nitrogens with two attached hydrogens (primary N) is 1. The van der Waals surface area contributed by atoms with Crippen molar-refractivity contribution >= 4 is 5.91 Å². The van der Waals surface area contributed by atoms with Gasteiger partial charge in [0.1, 0.15) is 0 Å². The van der Waals surface area contributed by atoms with Crippen molar-refractivity contribution in [2.75, 3.05) is 6.54 Å². The summed E-state index contributed by atoms with van der Waals surface area (Å²) in [5, 5.41) is 3.21. The highest BCUT2D eigenvalue weighted by Gasteiger charge is 2.17. The van der Waals surface area contributed by atoms with E-state index in [1.807, 2.05) is 0 Å². The molecule has 0 aliphatic heterocycles. The van der Waals surface area contributed by atoms with Crippen LogP contribution in [0.15, 0.2) is 0 Å². The molecule has 3 atom stereocenters. The standard InChI is InChI=1S/C15H30N2O/c1-12-4-3-5-14(8-6-12)17-15(18)9-7-13(2)10-11-16/h12-14H,3-11,16H2,1-2H3,(H,17,18). The average Bonchev–Trinajstić information content (AvgIpc) is 2.52. The second kappa shape index (κ2) is 8.52. The minimum absolute atomic E-state index is 0.235. The highest BCUT2D eigenvalue weighted by molar-refractivity contribution is 5.76. The highest BCUT2D eigenvalue weighted by Crippen LogP contribution is 2.22. The first-order valence-electron chi connectivity index (χ1n) is 7.61. The summed E-state index contributed by atoms with van der Waals surface area (Å²) in [7, 11) is 0. The molecule has 0 bridgehead atoms. The summed E-state index contributed by atoms with van der Waals surface area (Å²) in [6, 6.07) is 0.423. The minimum Gasteiger partial charge on any atom is -0.353 e. The Hall–Kier alpha value is -0.570. The van der Waals surface area contributed by atoms with Gasteiger partial charge in [-0.05, 0) is 50.5 Å². The lowest BCUT2D eigenvalue weighted by atomic mass is 10.0. The fraction of sp³-hybridized carbons (Fsp3) is 0.933. The number of carbonyl (C=O) groups excluding carboxylic acids is 1. The molecule has 1 rings (SSSR count). The van der Waals surface area contributed by atoms with Gasteiger partial charge in [0.15, 0.2) is 0 Å². The molecule has 0 aromatic carbocycles. The van der Waals surface area contributed by atoms with Crippen LogP contribution in [0.4, 0.5) is 0 Å². The van der Waals surface area contributed by atoms with E-state index in [1.165, 1.54) is 19.3 Å². The third kappa shape index (κ3) is 6.39. The van der Waals surface area contributed by atoms with Crippen molar-refractivity contribution in [1.29, 1.82) is 0 Å². The van der Waals surface area contributed by atoms with Gasteiger partial charge >= 0.3 is 0 Å². The Balaban J connectivity index is 2.18. The van der Waals surface area contributed by atoms with Crippen LogP contribution in [0.25, 0.3) is 0 Å². The smallest absolute Gasteiger partial charge is 0.220 e. The fourth-order valence-corrected chi connectivity index (χ4v) is 2.74. The monoisotopic (exact) mass is 254 g/mol. The van der Waals surface area contributed by atoms with Crippen LogP contribution in [0.3, 0.4) is 0 Å². The molecule has 0 spiro atoms. The first kappa shape index (κ1) is 15.5. The lowest BCUT2D eigenvalue weighted by molar-refractivity contribution is -0.122. The number of hydrogen-bond acceptors (Lipinski definition) is 2. The van der Waals surface area contributed by atoms with Gasteiger partial charge in [-0.2, -0.15) is 0 Å². The summed E-state index contributed by atoms with van der Waals surface area (Å²) in [6.45, 7) is 5.22. The lowest BCUT2D eigenvalue weighted by Crippen LogP contribution is -2.34. The second-order valence-corrected chi connectivity index (χ2v) is 6.10. The molecule has 1 amide bonds. The summed E-state index contributed by atoms with van der Waals surface area (Å²) in [5.74, 6) is 1.63. The van der Waals surface area contributed by atoms with E-state index in [4.69, 9.17) is 5.73 Å². The van der Waals surface area contributed by atoms with Gasteiger partial charge in [-0.25, -0.2) is 0 Å². The molecule has 1 aliphatic rings. The Morgan fingerprint density at radius 1 is 1.28 bits per heavy atom. The van der Waals surface area contributed by atoms with Gasteiger partial charge < -0.3 is 11.1 Å². The SMILES string of the molecule is CC(CCN)CCC(=O)NC1CCCC(C)CC1. The minimum atomic E-state index is 0.235. The van der Waals surface area contributed by atoms with Crippen molar-refractivity contribution in [2.45, 2.75) is 71.3 Å². The van der Waals surface area contributed by atoms with E-state index >= 15 is 0 Å². The van der Waals surface area contributed by atoms with Crippen LogP contribution in [-0.4, -0.2) is 18.5 Å². The zero-order valence-electron chi connectivity index (χ0n) is 12.1. The Labute approximate surface area is 112 Å². The molecule has 106 valence electrons. The maximum atomic E-state index is 11.9. The van der Waals surface area contributed by atoms with Crippen molar-refractivity contribution < 1.29 is 4.79 Å². The molecule has 1 saturated carbocycles.